The second kappa shape index (κ2) is 8.29. The summed E-state index contributed by atoms with van der Waals surface area (Å²) in [5.41, 5.74) is 4.96. The predicted molar refractivity (Wildman–Crippen MR) is 127 cm³/mol. The van der Waals surface area contributed by atoms with E-state index >= 15 is 0 Å². The lowest BCUT2D eigenvalue weighted by Gasteiger charge is -2.07. The van der Waals surface area contributed by atoms with Crippen LogP contribution in [0.25, 0.3) is 28.0 Å². The average Bonchev–Trinajstić information content (AvgIpc) is 3.53. The highest BCUT2D eigenvalue weighted by atomic mass is 35.5. The maximum atomic E-state index is 13.5. The Morgan fingerprint density at radius 3 is 2.71 bits per heavy atom. The molecule has 0 spiro atoms. The van der Waals surface area contributed by atoms with Gasteiger partial charge in [0, 0.05) is 36.2 Å². The third-order valence-electron chi connectivity index (χ3n) is 6.15. The molecule has 0 N–H and O–H groups in total. The molecule has 0 amide bonds. The van der Waals surface area contributed by atoms with Gasteiger partial charge in [0.2, 0.25) is 0 Å². The van der Waals surface area contributed by atoms with Gasteiger partial charge >= 0.3 is 0 Å². The minimum absolute atomic E-state index is 0.279. The summed E-state index contributed by atoms with van der Waals surface area (Å²) in [7, 11) is 0. The molecule has 9 heteroatoms. The Bertz CT molecular complexity index is 1500. The first-order valence-electron chi connectivity index (χ1n) is 11.2. The molecule has 4 aromatic heterocycles. The minimum Gasteiger partial charge on any atom is -0.263 e. The Morgan fingerprint density at radius 1 is 1.09 bits per heavy atom. The van der Waals surface area contributed by atoms with E-state index in [9.17, 15) is 4.39 Å². The van der Waals surface area contributed by atoms with Gasteiger partial charge in [-0.05, 0) is 56.0 Å². The Hall–Kier alpha value is -3.65. The molecule has 170 valence electrons. The van der Waals surface area contributed by atoms with Crippen LogP contribution in [0, 0.1) is 18.7 Å². The second-order valence-corrected chi connectivity index (χ2v) is 9.05. The van der Waals surface area contributed by atoms with Gasteiger partial charge in [0.1, 0.15) is 12.1 Å². The number of rotatable bonds is 6. The van der Waals surface area contributed by atoms with E-state index in [1.54, 1.807) is 29.2 Å². The van der Waals surface area contributed by atoms with E-state index in [0.29, 0.717) is 23.2 Å². The largest absolute Gasteiger partial charge is 0.263 e. The highest BCUT2D eigenvalue weighted by molar-refractivity contribution is 6.33. The van der Waals surface area contributed by atoms with E-state index in [4.69, 9.17) is 16.7 Å². The van der Waals surface area contributed by atoms with Crippen LogP contribution in [0.2, 0.25) is 5.02 Å². The van der Waals surface area contributed by atoms with Crippen molar-refractivity contribution in [2.24, 2.45) is 5.92 Å². The lowest BCUT2D eigenvalue weighted by molar-refractivity contribution is 0.563. The van der Waals surface area contributed by atoms with Gasteiger partial charge in [0.25, 0.3) is 0 Å². The monoisotopic (exact) mass is 473 g/mol. The third kappa shape index (κ3) is 3.84. The number of aryl methyl sites for hydroxylation is 1. The first-order chi connectivity index (χ1) is 16.6. The van der Waals surface area contributed by atoms with E-state index in [1.807, 2.05) is 23.7 Å². The molecule has 1 aromatic carbocycles. The van der Waals surface area contributed by atoms with Gasteiger partial charge in [-0.25, -0.2) is 19.0 Å². The van der Waals surface area contributed by atoms with Crippen molar-refractivity contribution in [2.75, 3.05) is 0 Å². The number of hydrogen-bond donors (Lipinski definition) is 0. The van der Waals surface area contributed by atoms with E-state index in [1.165, 1.54) is 31.3 Å². The highest BCUT2D eigenvalue weighted by Gasteiger charge is 2.26. The first kappa shape index (κ1) is 20.9. The van der Waals surface area contributed by atoms with Crippen molar-refractivity contribution < 1.29 is 4.39 Å². The Labute approximate surface area is 200 Å². The number of benzene rings is 1. The molecular weight excluding hydrogens is 453 g/mol. The number of halogens is 2. The smallest absolute Gasteiger partial charge is 0.157 e. The second-order valence-electron chi connectivity index (χ2n) is 8.68. The fourth-order valence-corrected chi connectivity index (χ4v) is 4.54. The zero-order valence-electron chi connectivity index (χ0n) is 18.5. The molecule has 0 unspecified atom stereocenters. The summed E-state index contributed by atoms with van der Waals surface area (Å²) in [6.07, 6.45) is 7.89. The van der Waals surface area contributed by atoms with Gasteiger partial charge in [-0.3, -0.25) is 9.67 Å². The van der Waals surface area contributed by atoms with Crippen LogP contribution in [0.4, 0.5) is 4.39 Å². The lowest BCUT2D eigenvalue weighted by Crippen LogP contribution is -2.05. The molecule has 7 nitrogen and oxygen atoms in total. The van der Waals surface area contributed by atoms with Crippen LogP contribution in [0.15, 0.2) is 55.1 Å². The molecule has 1 fully saturated rings. The van der Waals surface area contributed by atoms with Gasteiger partial charge in [-0.15, -0.1) is 0 Å². The molecule has 0 atom stereocenters. The number of pyridine rings is 1. The Morgan fingerprint density at radius 2 is 1.91 bits per heavy atom. The zero-order chi connectivity index (χ0) is 23.2. The molecular formula is C25H21ClFN7. The summed E-state index contributed by atoms with van der Waals surface area (Å²) >= 11 is 6.85. The van der Waals surface area contributed by atoms with Crippen molar-refractivity contribution in [1.82, 2.24) is 34.5 Å². The molecule has 1 aliphatic rings. The number of fused-ring (bicyclic) bond motifs is 1. The number of hydrogen-bond acceptors (Lipinski definition) is 5. The van der Waals surface area contributed by atoms with Gasteiger partial charge in [-0.2, -0.15) is 10.2 Å². The highest BCUT2D eigenvalue weighted by Crippen LogP contribution is 2.36. The SMILES string of the molecule is Cc1nn(-c2cc(Cc3nn(CC4CC4)c(-c4ccc(F)cc4)c3Cl)ncn2)c2cnccc12. The number of nitrogens with zero attached hydrogens (tertiary/aromatic N) is 7. The zero-order valence-corrected chi connectivity index (χ0v) is 19.2. The summed E-state index contributed by atoms with van der Waals surface area (Å²) in [6.45, 7) is 2.76. The van der Waals surface area contributed by atoms with Crippen molar-refractivity contribution in [2.45, 2.75) is 32.7 Å². The normalized spacial score (nSPS) is 13.6. The molecule has 34 heavy (non-hydrogen) atoms. The molecule has 0 bridgehead atoms. The fraction of sp³-hybridized carbons (Fsp3) is 0.240. The molecule has 0 aliphatic heterocycles. The van der Waals surface area contributed by atoms with Crippen LogP contribution < -0.4 is 0 Å². The van der Waals surface area contributed by atoms with E-state index in [0.717, 1.165) is 45.8 Å². The van der Waals surface area contributed by atoms with Crippen molar-refractivity contribution in [3.63, 3.8) is 0 Å². The van der Waals surface area contributed by atoms with Gasteiger partial charge in [-0.1, -0.05) is 11.6 Å². The fourth-order valence-electron chi connectivity index (χ4n) is 4.23. The lowest BCUT2D eigenvalue weighted by atomic mass is 10.1. The average molecular weight is 474 g/mol. The van der Waals surface area contributed by atoms with Gasteiger partial charge < -0.3 is 0 Å². The van der Waals surface area contributed by atoms with Crippen LogP contribution in [0.5, 0.6) is 0 Å². The van der Waals surface area contributed by atoms with Crippen molar-refractivity contribution in [3.05, 3.63) is 83.0 Å². The van der Waals surface area contributed by atoms with E-state index in [2.05, 4.69) is 20.1 Å². The van der Waals surface area contributed by atoms with E-state index < -0.39 is 0 Å². The summed E-state index contributed by atoms with van der Waals surface area (Å²) in [6, 6.07) is 10.2. The Balaban J connectivity index is 1.37. The van der Waals surface area contributed by atoms with Crippen LogP contribution >= 0.6 is 11.6 Å². The topological polar surface area (TPSA) is 74.3 Å². The third-order valence-corrected chi connectivity index (χ3v) is 6.55. The maximum Gasteiger partial charge on any atom is 0.157 e. The molecule has 0 radical (unpaired) electrons. The van der Waals surface area contributed by atoms with Crippen LogP contribution in [-0.2, 0) is 13.0 Å². The van der Waals surface area contributed by atoms with Crippen LogP contribution in [-0.4, -0.2) is 34.5 Å². The summed E-state index contributed by atoms with van der Waals surface area (Å²) in [5.74, 6) is 0.987. The van der Waals surface area contributed by atoms with Crippen molar-refractivity contribution in [1.29, 1.82) is 0 Å². The summed E-state index contributed by atoms with van der Waals surface area (Å²) in [5, 5.41) is 11.1. The summed E-state index contributed by atoms with van der Waals surface area (Å²) in [4.78, 5) is 13.1. The molecule has 6 rings (SSSR count). The van der Waals surface area contributed by atoms with Crippen molar-refractivity contribution in [3.8, 4) is 17.1 Å². The van der Waals surface area contributed by atoms with Crippen LogP contribution in [0.3, 0.4) is 0 Å². The van der Waals surface area contributed by atoms with Gasteiger partial charge in [0.15, 0.2) is 5.82 Å². The van der Waals surface area contributed by atoms with E-state index in [-0.39, 0.29) is 5.82 Å². The molecule has 5 aromatic rings. The standard InChI is InChI=1S/C25H21ClFN7/c1-15-20-8-9-28-12-22(20)34(31-15)23-11-19(29-14-30-23)10-21-24(26)25(17-4-6-18(27)7-5-17)33(32-21)13-16-2-3-16/h4-9,11-12,14,16H,2-3,10,13H2,1H3. The van der Waals surface area contributed by atoms with Crippen LogP contribution in [0.1, 0.15) is 29.9 Å². The first-order valence-corrected chi connectivity index (χ1v) is 11.6. The Kier molecular flexibility index (Phi) is 5.10. The number of aromatic nitrogens is 7. The minimum atomic E-state index is -0.279. The molecule has 1 aliphatic carbocycles. The predicted octanol–water partition coefficient (Wildman–Crippen LogP) is 5.18. The quantitative estimate of drug-likeness (QED) is 0.340. The van der Waals surface area contributed by atoms with Crippen molar-refractivity contribution >= 4 is 22.5 Å². The summed E-state index contributed by atoms with van der Waals surface area (Å²) < 4.78 is 17.2. The molecule has 0 saturated heterocycles. The van der Waals surface area contributed by atoms with Gasteiger partial charge in [0.05, 0.1) is 39.5 Å². The molecule has 1 saturated carbocycles. The molecule has 4 heterocycles. The maximum absolute atomic E-state index is 13.5.